The van der Waals surface area contributed by atoms with Gasteiger partial charge in [0, 0.05) is 24.8 Å². The molecule has 1 rings (SSSR count). The third-order valence-electron chi connectivity index (χ3n) is 2.13. The number of nitrogens with zero attached hydrogens (tertiary/aromatic N) is 1. The fraction of sp³-hybridized carbons (Fsp3) is 0.400. The molecule has 0 aromatic heterocycles. The highest BCUT2D eigenvalue weighted by Gasteiger charge is 2.20. The number of alkyl halides is 2. The molecule has 0 radical (unpaired) electrons. The summed E-state index contributed by atoms with van der Waals surface area (Å²) in [6.07, 6.45) is -2.60. The molecule has 0 aliphatic heterocycles. The first kappa shape index (κ1) is 12.2. The van der Waals surface area contributed by atoms with Crippen LogP contribution in [0.2, 0.25) is 5.02 Å². The van der Waals surface area contributed by atoms with Crippen molar-refractivity contribution in [1.29, 1.82) is 0 Å². The Morgan fingerprint density at radius 1 is 1.33 bits per heavy atom. The van der Waals surface area contributed by atoms with Crippen molar-refractivity contribution in [2.24, 2.45) is 5.73 Å². The fourth-order valence-electron chi connectivity index (χ4n) is 1.20. The van der Waals surface area contributed by atoms with Gasteiger partial charge in [0.05, 0.1) is 6.04 Å². The second-order valence-electron chi connectivity index (χ2n) is 3.46. The molecule has 0 spiro atoms. The smallest absolute Gasteiger partial charge is 0.257 e. The number of hydrogen-bond acceptors (Lipinski definition) is 2. The van der Waals surface area contributed by atoms with E-state index in [1.807, 2.05) is 19.0 Å². The molecule has 1 aromatic carbocycles. The lowest BCUT2D eigenvalue weighted by atomic mass is 10.1. The minimum absolute atomic E-state index is 0.272. The Kier molecular flexibility index (Phi) is 3.88. The lowest BCUT2D eigenvalue weighted by molar-refractivity contribution is 0.116. The van der Waals surface area contributed by atoms with Crippen LogP contribution in [0.1, 0.15) is 11.6 Å². The van der Waals surface area contributed by atoms with Crippen molar-refractivity contribution in [2.75, 3.05) is 19.0 Å². The normalized spacial score (nSPS) is 13.0. The second kappa shape index (κ2) is 4.77. The maximum atomic E-state index is 12.4. The summed E-state index contributed by atoms with van der Waals surface area (Å²) in [7, 11) is 3.69. The van der Waals surface area contributed by atoms with Crippen LogP contribution in [0.5, 0.6) is 0 Å². The van der Waals surface area contributed by atoms with Gasteiger partial charge in [0.2, 0.25) is 0 Å². The van der Waals surface area contributed by atoms with Crippen LogP contribution < -0.4 is 10.6 Å². The van der Waals surface area contributed by atoms with E-state index >= 15 is 0 Å². The number of nitrogens with two attached hydrogens (primary N) is 1. The van der Waals surface area contributed by atoms with E-state index in [1.165, 1.54) is 6.07 Å². The van der Waals surface area contributed by atoms with Gasteiger partial charge in [0.1, 0.15) is 0 Å². The predicted octanol–water partition coefficient (Wildman–Crippen LogP) is 2.67. The zero-order valence-corrected chi connectivity index (χ0v) is 9.30. The topological polar surface area (TPSA) is 29.3 Å². The van der Waals surface area contributed by atoms with Gasteiger partial charge >= 0.3 is 0 Å². The molecule has 2 nitrogen and oxygen atoms in total. The molecule has 0 saturated heterocycles. The van der Waals surface area contributed by atoms with Crippen LogP contribution in [-0.2, 0) is 0 Å². The third-order valence-corrected chi connectivity index (χ3v) is 2.46. The molecule has 2 N–H and O–H groups in total. The maximum absolute atomic E-state index is 12.4. The summed E-state index contributed by atoms with van der Waals surface area (Å²) in [4.78, 5) is 1.84. The maximum Gasteiger partial charge on any atom is 0.257 e. The molecule has 0 heterocycles. The van der Waals surface area contributed by atoms with Crippen molar-refractivity contribution < 1.29 is 8.78 Å². The van der Waals surface area contributed by atoms with Crippen molar-refractivity contribution in [3.8, 4) is 0 Å². The third kappa shape index (κ3) is 2.79. The average molecular weight is 235 g/mol. The first-order valence-electron chi connectivity index (χ1n) is 4.44. The Balaban J connectivity index is 3.03. The lowest BCUT2D eigenvalue weighted by Crippen LogP contribution is -2.19. The molecule has 0 fully saturated rings. The molecule has 0 aliphatic rings. The van der Waals surface area contributed by atoms with Crippen molar-refractivity contribution in [3.63, 3.8) is 0 Å². The SMILES string of the molecule is CN(C)c1ccc([C@@H](N)C(F)F)c(Cl)c1. The Morgan fingerprint density at radius 2 is 1.93 bits per heavy atom. The van der Waals surface area contributed by atoms with Crippen LogP contribution in [0.15, 0.2) is 18.2 Å². The quantitative estimate of drug-likeness (QED) is 0.871. The van der Waals surface area contributed by atoms with Crippen LogP contribution in [0, 0.1) is 0 Å². The number of rotatable bonds is 3. The number of hydrogen-bond donors (Lipinski definition) is 1. The van der Waals surface area contributed by atoms with Gasteiger partial charge in [-0.05, 0) is 17.7 Å². The van der Waals surface area contributed by atoms with Crippen molar-refractivity contribution in [1.82, 2.24) is 0 Å². The van der Waals surface area contributed by atoms with Gasteiger partial charge in [-0.2, -0.15) is 0 Å². The van der Waals surface area contributed by atoms with Crippen LogP contribution in [0.25, 0.3) is 0 Å². The zero-order chi connectivity index (χ0) is 11.6. The number of benzene rings is 1. The van der Waals surface area contributed by atoms with E-state index in [9.17, 15) is 8.78 Å². The highest BCUT2D eigenvalue weighted by atomic mass is 35.5. The molecule has 84 valence electrons. The summed E-state index contributed by atoms with van der Waals surface area (Å²) in [5.41, 5.74) is 6.44. The fourth-order valence-corrected chi connectivity index (χ4v) is 1.50. The highest BCUT2D eigenvalue weighted by Crippen LogP contribution is 2.28. The van der Waals surface area contributed by atoms with Crippen molar-refractivity contribution >= 4 is 17.3 Å². The summed E-state index contributed by atoms with van der Waals surface area (Å²) in [6, 6.07) is 3.55. The van der Waals surface area contributed by atoms with E-state index in [0.29, 0.717) is 0 Å². The van der Waals surface area contributed by atoms with E-state index in [0.717, 1.165) is 5.69 Å². The molecule has 0 aliphatic carbocycles. The minimum atomic E-state index is -2.60. The molecule has 0 saturated carbocycles. The predicted molar refractivity (Wildman–Crippen MR) is 58.7 cm³/mol. The van der Waals surface area contributed by atoms with Crippen LogP contribution in [0.4, 0.5) is 14.5 Å². The summed E-state index contributed by atoms with van der Waals surface area (Å²) in [6.45, 7) is 0. The van der Waals surface area contributed by atoms with Crippen LogP contribution in [0.3, 0.4) is 0 Å². The van der Waals surface area contributed by atoms with E-state index in [2.05, 4.69) is 0 Å². The molecule has 5 heteroatoms. The van der Waals surface area contributed by atoms with Crippen molar-refractivity contribution in [2.45, 2.75) is 12.5 Å². The average Bonchev–Trinajstić information content (AvgIpc) is 2.16. The highest BCUT2D eigenvalue weighted by molar-refractivity contribution is 6.31. The molecular weight excluding hydrogens is 222 g/mol. The lowest BCUT2D eigenvalue weighted by Gasteiger charge is -2.17. The van der Waals surface area contributed by atoms with Gasteiger partial charge in [-0.15, -0.1) is 0 Å². The molecule has 0 bridgehead atoms. The van der Waals surface area contributed by atoms with E-state index in [-0.39, 0.29) is 10.6 Å². The summed E-state index contributed by atoms with van der Waals surface area (Å²) in [5, 5.41) is 0.272. The number of halogens is 3. The second-order valence-corrected chi connectivity index (χ2v) is 3.87. The monoisotopic (exact) mass is 234 g/mol. The van der Waals surface area contributed by atoms with E-state index in [1.54, 1.807) is 12.1 Å². The van der Waals surface area contributed by atoms with Crippen LogP contribution >= 0.6 is 11.6 Å². The van der Waals surface area contributed by atoms with Gasteiger partial charge in [-0.1, -0.05) is 17.7 Å². The van der Waals surface area contributed by atoms with Gasteiger partial charge in [-0.3, -0.25) is 0 Å². The summed E-state index contributed by atoms with van der Waals surface area (Å²) in [5.74, 6) is 0. The van der Waals surface area contributed by atoms with Gasteiger partial charge < -0.3 is 10.6 Å². The minimum Gasteiger partial charge on any atom is -0.378 e. The summed E-state index contributed by atoms with van der Waals surface area (Å²) < 4.78 is 24.7. The first-order chi connectivity index (χ1) is 6.93. The van der Waals surface area contributed by atoms with Crippen LogP contribution in [-0.4, -0.2) is 20.5 Å². The molecule has 1 aromatic rings. The molecular formula is C10H13ClF2N2. The Hall–Kier alpha value is -0.870. The van der Waals surface area contributed by atoms with Gasteiger partial charge in [0.25, 0.3) is 6.43 Å². The van der Waals surface area contributed by atoms with Gasteiger partial charge in [-0.25, -0.2) is 8.78 Å². The van der Waals surface area contributed by atoms with E-state index < -0.39 is 12.5 Å². The molecule has 1 atom stereocenters. The standard InChI is InChI=1S/C10H13ClF2N2/c1-15(2)6-3-4-7(8(11)5-6)9(14)10(12)13/h3-5,9-10H,14H2,1-2H3/t9-/m1/s1. The number of anilines is 1. The Morgan fingerprint density at radius 3 is 2.33 bits per heavy atom. The first-order valence-corrected chi connectivity index (χ1v) is 4.81. The summed E-state index contributed by atoms with van der Waals surface area (Å²) >= 11 is 5.87. The Bertz CT molecular complexity index is 342. The Labute approximate surface area is 92.6 Å². The largest absolute Gasteiger partial charge is 0.378 e. The molecule has 0 amide bonds. The molecule has 0 unspecified atom stereocenters. The van der Waals surface area contributed by atoms with E-state index in [4.69, 9.17) is 17.3 Å². The molecule has 15 heavy (non-hydrogen) atoms. The zero-order valence-electron chi connectivity index (χ0n) is 8.55. The van der Waals surface area contributed by atoms with Gasteiger partial charge in [0.15, 0.2) is 0 Å². The van der Waals surface area contributed by atoms with Crippen molar-refractivity contribution in [3.05, 3.63) is 28.8 Å².